The Hall–Kier alpha value is -3.96. The minimum atomic E-state index is -1.00. The normalized spacial score (nSPS) is 15.3. The predicted octanol–water partition coefficient (Wildman–Crippen LogP) is 6.44. The van der Waals surface area contributed by atoms with Crippen LogP contribution in [0.3, 0.4) is 0 Å². The van der Waals surface area contributed by atoms with Crippen LogP contribution in [-0.4, -0.2) is 33.6 Å². The van der Waals surface area contributed by atoms with Crippen molar-refractivity contribution in [1.29, 1.82) is 0 Å². The maximum absolute atomic E-state index is 14.1. The Kier molecular flexibility index (Phi) is 7.80. The average Bonchev–Trinajstić information content (AvgIpc) is 3.65. The summed E-state index contributed by atoms with van der Waals surface area (Å²) < 4.78 is 25.9. The lowest BCUT2D eigenvalue weighted by Crippen LogP contribution is -2.31. The molecule has 3 heterocycles. The first-order chi connectivity index (χ1) is 18.9. The summed E-state index contributed by atoms with van der Waals surface area (Å²) >= 11 is 2.38. The van der Waals surface area contributed by atoms with Crippen LogP contribution in [-0.2, 0) is 10.5 Å². The van der Waals surface area contributed by atoms with Gasteiger partial charge in [0.05, 0.1) is 18.2 Å². The molecule has 11 heteroatoms. The van der Waals surface area contributed by atoms with Gasteiger partial charge in [0.15, 0.2) is 15.9 Å². The molecule has 1 aliphatic heterocycles. The summed E-state index contributed by atoms with van der Waals surface area (Å²) in [7, 11) is 0. The van der Waals surface area contributed by atoms with E-state index in [-0.39, 0.29) is 22.3 Å². The molecular weight excluding hydrogens is 541 g/mol. The molecule has 8 nitrogen and oxygen atoms in total. The predicted molar refractivity (Wildman–Crippen MR) is 146 cm³/mol. The molecule has 1 unspecified atom stereocenters. The Labute approximate surface area is 232 Å². The number of aliphatic hydroxyl groups excluding tert-OH is 1. The number of thioether (sulfide) groups is 1. The number of anilines is 1. The third-order valence-electron chi connectivity index (χ3n) is 5.97. The number of ketones is 1. The quantitative estimate of drug-likeness (QED) is 0.133. The topological polar surface area (TPSA) is 106 Å². The van der Waals surface area contributed by atoms with Crippen LogP contribution in [0, 0.1) is 12.7 Å². The Morgan fingerprint density at radius 1 is 1.18 bits per heavy atom. The maximum atomic E-state index is 14.1. The number of furan rings is 1. The number of amides is 1. The van der Waals surface area contributed by atoms with Gasteiger partial charge in [0.1, 0.15) is 17.3 Å². The molecule has 0 spiro atoms. The van der Waals surface area contributed by atoms with Gasteiger partial charge >= 0.3 is 0 Å². The number of aromatic nitrogens is 2. The molecule has 0 saturated heterocycles. The molecule has 39 heavy (non-hydrogen) atoms. The molecule has 4 aromatic rings. The van der Waals surface area contributed by atoms with E-state index in [1.807, 2.05) is 6.92 Å². The van der Waals surface area contributed by atoms with Crippen molar-refractivity contribution < 1.29 is 28.2 Å². The van der Waals surface area contributed by atoms with Crippen molar-refractivity contribution in [3.8, 4) is 5.75 Å². The summed E-state index contributed by atoms with van der Waals surface area (Å²) in [5.41, 5.74) is 0.931. The molecule has 1 amide bonds. The highest BCUT2D eigenvalue weighted by Gasteiger charge is 2.46. The van der Waals surface area contributed by atoms with Gasteiger partial charge in [-0.2, -0.15) is 0 Å². The minimum Gasteiger partial charge on any atom is -0.503 e. The Balaban J connectivity index is 1.51. The summed E-state index contributed by atoms with van der Waals surface area (Å²) in [6, 6.07) is 15.6. The SMILES string of the molecule is CCCOc1cccc(C2C(C(=O)c3ccc(C)o3)=C(O)C(=O)N2c2nnc(SCc3ccccc3F)s2)c1. The zero-order valence-electron chi connectivity index (χ0n) is 21.1. The van der Waals surface area contributed by atoms with Gasteiger partial charge in [0.25, 0.3) is 5.91 Å². The number of Topliss-reactive ketones (excluding diaryl/α,β-unsaturated/α-hetero) is 1. The molecule has 5 rings (SSSR count). The van der Waals surface area contributed by atoms with E-state index in [1.165, 1.54) is 28.8 Å². The van der Waals surface area contributed by atoms with E-state index in [2.05, 4.69) is 10.2 Å². The third kappa shape index (κ3) is 5.45. The van der Waals surface area contributed by atoms with Crippen LogP contribution >= 0.6 is 23.1 Å². The number of ether oxygens (including phenoxy) is 1. The van der Waals surface area contributed by atoms with E-state index in [0.29, 0.717) is 39.3 Å². The number of aryl methyl sites for hydroxylation is 1. The van der Waals surface area contributed by atoms with Crippen LogP contribution in [0.1, 0.15) is 46.8 Å². The summed E-state index contributed by atoms with van der Waals surface area (Å²) in [4.78, 5) is 28.2. The average molecular weight is 566 g/mol. The smallest absolute Gasteiger partial charge is 0.296 e. The molecule has 2 aromatic carbocycles. The first kappa shape index (κ1) is 26.6. The lowest BCUT2D eigenvalue weighted by Gasteiger charge is -2.24. The van der Waals surface area contributed by atoms with Gasteiger partial charge in [-0.05, 0) is 54.8 Å². The van der Waals surface area contributed by atoms with Gasteiger partial charge in [0.2, 0.25) is 10.9 Å². The fourth-order valence-corrected chi connectivity index (χ4v) is 6.00. The monoisotopic (exact) mass is 565 g/mol. The highest BCUT2D eigenvalue weighted by atomic mass is 32.2. The molecule has 1 aliphatic rings. The van der Waals surface area contributed by atoms with Crippen LogP contribution in [0.5, 0.6) is 5.75 Å². The van der Waals surface area contributed by atoms with Crippen LogP contribution in [0.2, 0.25) is 0 Å². The van der Waals surface area contributed by atoms with E-state index < -0.39 is 23.5 Å². The van der Waals surface area contributed by atoms with Crippen molar-refractivity contribution in [2.75, 3.05) is 11.5 Å². The van der Waals surface area contributed by atoms with E-state index in [1.54, 1.807) is 55.5 Å². The summed E-state index contributed by atoms with van der Waals surface area (Å²) in [5, 5.41) is 19.5. The zero-order chi connectivity index (χ0) is 27.5. The van der Waals surface area contributed by atoms with Crippen molar-refractivity contribution in [1.82, 2.24) is 10.2 Å². The Bertz CT molecular complexity index is 1560. The summed E-state index contributed by atoms with van der Waals surface area (Å²) in [5.74, 6) is -0.992. The van der Waals surface area contributed by atoms with Crippen molar-refractivity contribution in [3.63, 3.8) is 0 Å². The van der Waals surface area contributed by atoms with Crippen LogP contribution < -0.4 is 9.64 Å². The fraction of sp³-hybridized carbons (Fsp3) is 0.214. The maximum Gasteiger partial charge on any atom is 0.296 e. The van der Waals surface area contributed by atoms with Gasteiger partial charge in [-0.25, -0.2) is 4.39 Å². The molecule has 200 valence electrons. The van der Waals surface area contributed by atoms with Crippen LogP contribution in [0.4, 0.5) is 9.52 Å². The fourth-order valence-electron chi connectivity index (χ4n) is 4.15. The second-order valence-corrected chi connectivity index (χ2v) is 10.9. The van der Waals surface area contributed by atoms with Crippen molar-refractivity contribution in [2.45, 2.75) is 36.4 Å². The van der Waals surface area contributed by atoms with E-state index in [4.69, 9.17) is 9.15 Å². The number of aliphatic hydroxyl groups is 1. The summed E-state index contributed by atoms with van der Waals surface area (Å²) in [6.07, 6.45) is 0.804. The zero-order valence-corrected chi connectivity index (χ0v) is 22.7. The van der Waals surface area contributed by atoms with E-state index >= 15 is 0 Å². The van der Waals surface area contributed by atoms with E-state index in [0.717, 1.165) is 17.8 Å². The number of carbonyl (C=O) groups excluding carboxylic acids is 2. The molecule has 0 radical (unpaired) electrons. The molecule has 0 saturated carbocycles. The van der Waals surface area contributed by atoms with Gasteiger partial charge in [-0.15, -0.1) is 10.2 Å². The molecule has 0 bridgehead atoms. The molecule has 1 N–H and O–H groups in total. The van der Waals surface area contributed by atoms with Gasteiger partial charge in [-0.3, -0.25) is 14.5 Å². The second kappa shape index (κ2) is 11.4. The summed E-state index contributed by atoms with van der Waals surface area (Å²) in [6.45, 7) is 4.18. The highest BCUT2D eigenvalue weighted by Crippen LogP contribution is 2.44. The third-order valence-corrected chi connectivity index (χ3v) is 8.08. The number of nitrogens with zero attached hydrogens (tertiary/aromatic N) is 3. The minimum absolute atomic E-state index is 0.00508. The van der Waals surface area contributed by atoms with Crippen molar-refractivity contribution in [2.24, 2.45) is 0 Å². The molecule has 0 fully saturated rings. The molecule has 0 aliphatic carbocycles. The number of hydrogen-bond acceptors (Lipinski definition) is 9. The number of benzene rings is 2. The largest absolute Gasteiger partial charge is 0.503 e. The van der Waals surface area contributed by atoms with Crippen LogP contribution in [0.25, 0.3) is 0 Å². The van der Waals surface area contributed by atoms with Crippen molar-refractivity contribution >= 4 is 39.9 Å². The Morgan fingerprint density at radius 2 is 2.00 bits per heavy atom. The number of carbonyl (C=O) groups is 2. The lowest BCUT2D eigenvalue weighted by molar-refractivity contribution is -0.117. The molecule has 1 atom stereocenters. The number of hydrogen-bond donors (Lipinski definition) is 1. The molecular formula is C28H24FN3O5S2. The van der Waals surface area contributed by atoms with Crippen LogP contribution in [0.15, 0.2) is 80.8 Å². The van der Waals surface area contributed by atoms with E-state index in [9.17, 15) is 19.1 Å². The first-order valence-electron chi connectivity index (χ1n) is 12.2. The highest BCUT2D eigenvalue weighted by molar-refractivity contribution is 8.00. The van der Waals surface area contributed by atoms with Gasteiger partial charge in [-0.1, -0.05) is 60.4 Å². The first-order valence-corrected chi connectivity index (χ1v) is 14.0. The Morgan fingerprint density at radius 3 is 2.74 bits per heavy atom. The lowest BCUT2D eigenvalue weighted by atomic mass is 9.95. The van der Waals surface area contributed by atoms with Crippen molar-refractivity contribution in [3.05, 3.63) is 100 Å². The number of rotatable bonds is 10. The van der Waals surface area contributed by atoms with Gasteiger partial charge in [0, 0.05) is 5.75 Å². The van der Waals surface area contributed by atoms with Gasteiger partial charge < -0.3 is 14.3 Å². The number of halogens is 1. The molecule has 2 aromatic heterocycles. The second-order valence-electron chi connectivity index (χ2n) is 8.73. The standard InChI is InChI=1S/C28H24FN3O5S2/c1-3-13-36-19-9-6-8-17(14-19)23-22(24(33)21-12-11-16(2)37-21)25(34)26(35)32(23)27-30-31-28(39-27)38-15-18-7-4-5-10-20(18)29/h4-12,14,23,34H,3,13,15H2,1-2H3.